The number of ether oxygens (including phenoxy) is 1. The van der Waals surface area contributed by atoms with Crippen LogP contribution in [0.4, 0.5) is 10.1 Å². The van der Waals surface area contributed by atoms with Crippen molar-refractivity contribution in [3.8, 4) is 5.75 Å². The molecule has 0 aliphatic heterocycles. The lowest BCUT2D eigenvalue weighted by Crippen LogP contribution is -2.03. The Labute approximate surface area is 89.8 Å². The second-order valence-corrected chi connectivity index (χ2v) is 3.31. The summed E-state index contributed by atoms with van der Waals surface area (Å²) in [5.41, 5.74) is 1.95. The number of halogens is 1. The van der Waals surface area contributed by atoms with E-state index in [9.17, 15) is 4.39 Å². The topological polar surface area (TPSA) is 21.3 Å². The number of methoxy groups -OCH3 is 1. The molecule has 0 saturated heterocycles. The van der Waals surface area contributed by atoms with E-state index in [1.165, 1.54) is 13.2 Å². The maximum atomic E-state index is 13.1. The zero-order valence-corrected chi connectivity index (χ0v) is 9.14. The van der Waals surface area contributed by atoms with Gasteiger partial charge in [0, 0.05) is 18.3 Å². The van der Waals surface area contributed by atoms with E-state index in [4.69, 9.17) is 4.74 Å². The van der Waals surface area contributed by atoms with Gasteiger partial charge in [0.2, 0.25) is 0 Å². The molecule has 1 aromatic rings. The molecule has 0 spiro atoms. The van der Waals surface area contributed by atoms with Crippen LogP contribution in [0.2, 0.25) is 0 Å². The zero-order valence-electron chi connectivity index (χ0n) is 9.14. The molecule has 0 amide bonds. The van der Waals surface area contributed by atoms with Crippen molar-refractivity contribution in [3.05, 3.63) is 36.2 Å². The Bertz CT molecular complexity index is 349. The zero-order chi connectivity index (χ0) is 11.3. The second-order valence-electron chi connectivity index (χ2n) is 3.31. The molecule has 3 heteroatoms. The highest BCUT2D eigenvalue weighted by molar-refractivity contribution is 5.49. The van der Waals surface area contributed by atoms with Gasteiger partial charge in [0.15, 0.2) is 11.6 Å². The second kappa shape index (κ2) is 5.39. The number of hydrogen-bond donors (Lipinski definition) is 1. The number of anilines is 1. The molecule has 1 rings (SSSR count). The standard InChI is InChI=1S/C12H16FNO/c1-4-9(2)8-14-10-5-6-11(13)12(7-10)15-3/h5-7,14H,2,4,8H2,1,3H3. The Morgan fingerprint density at radius 1 is 1.53 bits per heavy atom. The molecule has 82 valence electrons. The predicted octanol–water partition coefficient (Wildman–Crippen LogP) is 3.21. The quantitative estimate of drug-likeness (QED) is 0.752. The van der Waals surface area contributed by atoms with E-state index in [1.807, 2.05) is 0 Å². The van der Waals surface area contributed by atoms with Crippen LogP contribution in [0.1, 0.15) is 13.3 Å². The maximum absolute atomic E-state index is 13.1. The highest BCUT2D eigenvalue weighted by atomic mass is 19.1. The van der Waals surface area contributed by atoms with Gasteiger partial charge in [-0.2, -0.15) is 0 Å². The summed E-state index contributed by atoms with van der Waals surface area (Å²) in [7, 11) is 1.45. The van der Waals surface area contributed by atoms with E-state index in [0.29, 0.717) is 6.54 Å². The van der Waals surface area contributed by atoms with Crippen LogP contribution in [0.5, 0.6) is 5.75 Å². The van der Waals surface area contributed by atoms with Crippen LogP contribution in [0.15, 0.2) is 30.4 Å². The molecule has 1 aromatic carbocycles. The lowest BCUT2D eigenvalue weighted by molar-refractivity contribution is 0.387. The van der Waals surface area contributed by atoms with Crippen molar-refractivity contribution >= 4 is 5.69 Å². The van der Waals surface area contributed by atoms with Crippen LogP contribution in [0.3, 0.4) is 0 Å². The van der Waals surface area contributed by atoms with Gasteiger partial charge in [0.1, 0.15) is 0 Å². The first-order chi connectivity index (χ1) is 7.17. The van der Waals surface area contributed by atoms with Gasteiger partial charge in [-0.1, -0.05) is 19.1 Å². The largest absolute Gasteiger partial charge is 0.494 e. The van der Waals surface area contributed by atoms with Gasteiger partial charge >= 0.3 is 0 Å². The van der Waals surface area contributed by atoms with Crippen LogP contribution in [0, 0.1) is 5.82 Å². The molecular weight excluding hydrogens is 193 g/mol. The lowest BCUT2D eigenvalue weighted by Gasteiger charge is -2.09. The fraction of sp³-hybridized carbons (Fsp3) is 0.333. The van der Waals surface area contributed by atoms with E-state index in [-0.39, 0.29) is 11.6 Å². The van der Waals surface area contributed by atoms with Gasteiger partial charge in [-0.3, -0.25) is 0 Å². The average molecular weight is 209 g/mol. The van der Waals surface area contributed by atoms with Gasteiger partial charge in [-0.15, -0.1) is 0 Å². The van der Waals surface area contributed by atoms with E-state index in [2.05, 4.69) is 18.8 Å². The molecule has 0 bridgehead atoms. The molecule has 0 atom stereocenters. The molecule has 1 N–H and O–H groups in total. The molecule has 0 radical (unpaired) electrons. The molecular formula is C12H16FNO. The summed E-state index contributed by atoms with van der Waals surface area (Å²) in [5.74, 6) is -0.0977. The highest BCUT2D eigenvalue weighted by Crippen LogP contribution is 2.21. The molecule has 0 aromatic heterocycles. The minimum atomic E-state index is -0.350. The molecule has 2 nitrogen and oxygen atoms in total. The summed E-state index contributed by atoms with van der Waals surface area (Å²) in [6, 6.07) is 4.70. The Hall–Kier alpha value is -1.51. The number of rotatable bonds is 5. The van der Waals surface area contributed by atoms with Gasteiger partial charge in [-0.25, -0.2) is 4.39 Å². The van der Waals surface area contributed by atoms with Crippen LogP contribution < -0.4 is 10.1 Å². The van der Waals surface area contributed by atoms with Gasteiger partial charge in [-0.05, 0) is 18.6 Å². The fourth-order valence-electron chi connectivity index (χ4n) is 1.12. The summed E-state index contributed by atoms with van der Waals surface area (Å²) in [6.45, 7) is 6.63. The summed E-state index contributed by atoms with van der Waals surface area (Å²) in [6.07, 6.45) is 0.936. The van der Waals surface area contributed by atoms with Crippen molar-refractivity contribution in [3.63, 3.8) is 0 Å². The number of hydrogen-bond acceptors (Lipinski definition) is 2. The molecule has 0 saturated carbocycles. The van der Waals surface area contributed by atoms with Crippen LogP contribution >= 0.6 is 0 Å². The van der Waals surface area contributed by atoms with Crippen LogP contribution in [-0.2, 0) is 0 Å². The maximum Gasteiger partial charge on any atom is 0.165 e. The van der Waals surface area contributed by atoms with Gasteiger partial charge in [0.05, 0.1) is 7.11 Å². The first-order valence-corrected chi connectivity index (χ1v) is 4.91. The minimum absolute atomic E-state index is 0.252. The minimum Gasteiger partial charge on any atom is -0.494 e. The lowest BCUT2D eigenvalue weighted by atomic mass is 10.2. The van der Waals surface area contributed by atoms with Crippen molar-refractivity contribution in [1.82, 2.24) is 0 Å². The van der Waals surface area contributed by atoms with E-state index in [1.54, 1.807) is 12.1 Å². The Kier molecular flexibility index (Phi) is 4.16. The average Bonchev–Trinajstić information content (AvgIpc) is 2.27. The third-order valence-electron chi connectivity index (χ3n) is 2.19. The highest BCUT2D eigenvalue weighted by Gasteiger charge is 2.02. The van der Waals surface area contributed by atoms with Crippen LogP contribution in [0.25, 0.3) is 0 Å². The Morgan fingerprint density at radius 3 is 2.87 bits per heavy atom. The first kappa shape index (κ1) is 11.6. The van der Waals surface area contributed by atoms with Crippen molar-refractivity contribution in [2.75, 3.05) is 19.0 Å². The third kappa shape index (κ3) is 3.27. The third-order valence-corrected chi connectivity index (χ3v) is 2.19. The predicted molar refractivity (Wildman–Crippen MR) is 60.9 cm³/mol. The van der Waals surface area contributed by atoms with E-state index >= 15 is 0 Å². The smallest absolute Gasteiger partial charge is 0.165 e. The molecule has 0 aliphatic carbocycles. The number of nitrogens with one attached hydrogen (secondary N) is 1. The monoisotopic (exact) mass is 209 g/mol. The first-order valence-electron chi connectivity index (χ1n) is 4.91. The Balaban J connectivity index is 2.66. The van der Waals surface area contributed by atoms with Crippen molar-refractivity contribution in [1.29, 1.82) is 0 Å². The molecule has 0 unspecified atom stereocenters. The molecule has 0 fully saturated rings. The van der Waals surface area contributed by atoms with Crippen LogP contribution in [-0.4, -0.2) is 13.7 Å². The van der Waals surface area contributed by atoms with Gasteiger partial charge < -0.3 is 10.1 Å². The molecule has 15 heavy (non-hydrogen) atoms. The van der Waals surface area contributed by atoms with E-state index < -0.39 is 0 Å². The molecule has 0 heterocycles. The van der Waals surface area contributed by atoms with Crippen molar-refractivity contribution < 1.29 is 9.13 Å². The van der Waals surface area contributed by atoms with Gasteiger partial charge in [0.25, 0.3) is 0 Å². The fourth-order valence-corrected chi connectivity index (χ4v) is 1.12. The molecule has 0 aliphatic rings. The van der Waals surface area contributed by atoms with Crippen molar-refractivity contribution in [2.45, 2.75) is 13.3 Å². The summed E-state index contributed by atoms with van der Waals surface area (Å²) >= 11 is 0. The normalized spacial score (nSPS) is 9.80. The Morgan fingerprint density at radius 2 is 2.27 bits per heavy atom. The summed E-state index contributed by atoms with van der Waals surface area (Å²) < 4.78 is 17.9. The summed E-state index contributed by atoms with van der Waals surface area (Å²) in [4.78, 5) is 0. The van der Waals surface area contributed by atoms with E-state index in [0.717, 1.165) is 17.7 Å². The van der Waals surface area contributed by atoms with Crippen molar-refractivity contribution in [2.24, 2.45) is 0 Å². The SMILES string of the molecule is C=C(CC)CNc1ccc(F)c(OC)c1. The summed E-state index contributed by atoms with van der Waals surface area (Å²) in [5, 5.41) is 3.15. The number of benzene rings is 1.